The molecule has 24 heavy (non-hydrogen) atoms. The fourth-order valence-electron chi connectivity index (χ4n) is 3.54. The number of rotatable bonds is 4. The van der Waals surface area contributed by atoms with Crippen molar-refractivity contribution in [2.75, 3.05) is 6.54 Å². The lowest BCUT2D eigenvalue weighted by molar-refractivity contribution is 0.0919. The third-order valence-corrected chi connectivity index (χ3v) is 5.09. The summed E-state index contributed by atoms with van der Waals surface area (Å²) in [5, 5.41) is 11.2. The van der Waals surface area contributed by atoms with Gasteiger partial charge in [0.1, 0.15) is 0 Å². The number of piperidine rings is 1. The van der Waals surface area contributed by atoms with Crippen LogP contribution >= 0.6 is 0 Å². The van der Waals surface area contributed by atoms with Gasteiger partial charge in [-0.15, -0.1) is 0 Å². The fourth-order valence-corrected chi connectivity index (χ4v) is 3.54. The minimum absolute atomic E-state index is 0.0135. The van der Waals surface area contributed by atoms with Gasteiger partial charge in [0.2, 0.25) is 0 Å². The van der Waals surface area contributed by atoms with E-state index in [-0.39, 0.29) is 11.9 Å². The molecule has 2 aliphatic rings. The fraction of sp³-hybridized carbons (Fsp3) is 0.474. The van der Waals surface area contributed by atoms with Crippen molar-refractivity contribution in [1.29, 1.82) is 0 Å². The smallest absolute Gasteiger partial charge is 0.255 e. The minimum atomic E-state index is 0.0135. The van der Waals surface area contributed by atoms with Crippen LogP contribution in [0.25, 0.3) is 5.69 Å². The Labute approximate surface area is 142 Å². The van der Waals surface area contributed by atoms with Gasteiger partial charge in [-0.3, -0.25) is 4.79 Å². The summed E-state index contributed by atoms with van der Waals surface area (Å²) in [7, 11) is 0. The summed E-state index contributed by atoms with van der Waals surface area (Å²) >= 11 is 0. The van der Waals surface area contributed by atoms with Crippen molar-refractivity contribution in [1.82, 2.24) is 20.4 Å². The molecule has 0 bridgehead atoms. The number of hydrogen-bond donors (Lipinski definition) is 2. The molecule has 0 radical (unpaired) electrons. The summed E-state index contributed by atoms with van der Waals surface area (Å²) in [6.45, 7) is 3.17. The van der Waals surface area contributed by atoms with Gasteiger partial charge >= 0.3 is 0 Å². The monoisotopic (exact) mass is 324 g/mol. The van der Waals surface area contributed by atoms with Gasteiger partial charge in [-0.1, -0.05) is 18.2 Å². The number of nitrogens with one attached hydrogen (secondary N) is 2. The van der Waals surface area contributed by atoms with Gasteiger partial charge in [0.05, 0.1) is 23.1 Å². The highest BCUT2D eigenvalue weighted by Crippen LogP contribution is 2.42. The van der Waals surface area contributed by atoms with E-state index in [0.717, 1.165) is 49.2 Å². The lowest BCUT2D eigenvalue weighted by Gasteiger charge is -2.30. The standard InChI is InChI=1S/C19H24N4O/c1-13-17(8-5-11-20-13)22-19(24)16-12-21-23(18(16)14-9-10-14)15-6-3-2-4-7-15/h2-4,6-7,12-14,17,20H,5,8-11H2,1H3,(H,22,24). The first-order chi connectivity index (χ1) is 11.7. The van der Waals surface area contributed by atoms with Crippen LogP contribution in [0.15, 0.2) is 36.5 Å². The van der Waals surface area contributed by atoms with Gasteiger partial charge in [-0.2, -0.15) is 5.10 Å². The number of carbonyl (C=O) groups excluding carboxylic acids is 1. The molecule has 2 atom stereocenters. The van der Waals surface area contributed by atoms with Gasteiger partial charge in [0.15, 0.2) is 0 Å². The SMILES string of the molecule is CC1NCCCC1NC(=O)c1cnn(-c2ccccc2)c1C1CC1. The molecule has 1 aromatic carbocycles. The zero-order valence-corrected chi connectivity index (χ0v) is 14.0. The lowest BCUT2D eigenvalue weighted by Crippen LogP contribution is -2.52. The van der Waals surface area contributed by atoms with Gasteiger partial charge in [-0.05, 0) is 51.3 Å². The molecule has 5 nitrogen and oxygen atoms in total. The van der Waals surface area contributed by atoms with E-state index >= 15 is 0 Å². The summed E-state index contributed by atoms with van der Waals surface area (Å²) in [6.07, 6.45) is 6.15. The van der Waals surface area contributed by atoms with Crippen LogP contribution in [0.2, 0.25) is 0 Å². The topological polar surface area (TPSA) is 58.9 Å². The van der Waals surface area contributed by atoms with E-state index in [9.17, 15) is 4.79 Å². The van der Waals surface area contributed by atoms with Gasteiger partial charge < -0.3 is 10.6 Å². The maximum absolute atomic E-state index is 12.9. The Morgan fingerprint density at radius 1 is 1.25 bits per heavy atom. The second kappa shape index (κ2) is 6.40. The second-order valence-corrected chi connectivity index (χ2v) is 6.93. The molecular formula is C19H24N4O. The Hall–Kier alpha value is -2.14. The average Bonchev–Trinajstić information content (AvgIpc) is 3.35. The molecule has 1 aromatic heterocycles. The van der Waals surface area contributed by atoms with Gasteiger partial charge in [-0.25, -0.2) is 4.68 Å². The Morgan fingerprint density at radius 3 is 2.75 bits per heavy atom. The van der Waals surface area contributed by atoms with Crippen molar-refractivity contribution in [2.24, 2.45) is 0 Å². The summed E-state index contributed by atoms with van der Waals surface area (Å²) in [5.74, 6) is 0.468. The molecule has 126 valence electrons. The van der Waals surface area contributed by atoms with E-state index in [2.05, 4.69) is 22.7 Å². The predicted octanol–water partition coefficient (Wildman–Crippen LogP) is 2.62. The van der Waals surface area contributed by atoms with Crippen molar-refractivity contribution in [3.8, 4) is 5.69 Å². The van der Waals surface area contributed by atoms with Crippen LogP contribution < -0.4 is 10.6 Å². The molecular weight excluding hydrogens is 300 g/mol. The highest BCUT2D eigenvalue weighted by atomic mass is 16.1. The van der Waals surface area contributed by atoms with E-state index < -0.39 is 0 Å². The van der Waals surface area contributed by atoms with E-state index in [1.807, 2.05) is 35.0 Å². The maximum atomic E-state index is 12.9. The van der Waals surface area contributed by atoms with Crippen LogP contribution in [0, 0.1) is 0 Å². The van der Waals surface area contributed by atoms with Crippen molar-refractivity contribution >= 4 is 5.91 Å². The second-order valence-electron chi connectivity index (χ2n) is 6.93. The Morgan fingerprint density at radius 2 is 2.04 bits per heavy atom. The van der Waals surface area contributed by atoms with Crippen LogP contribution in [-0.2, 0) is 0 Å². The zero-order chi connectivity index (χ0) is 16.5. The van der Waals surface area contributed by atoms with Crippen molar-refractivity contribution < 1.29 is 4.79 Å². The molecule has 0 spiro atoms. The van der Waals surface area contributed by atoms with Gasteiger partial charge in [0, 0.05) is 18.0 Å². The zero-order valence-electron chi connectivity index (χ0n) is 14.0. The molecule has 1 saturated heterocycles. The van der Waals surface area contributed by atoms with E-state index in [4.69, 9.17) is 0 Å². The molecule has 4 rings (SSSR count). The van der Waals surface area contributed by atoms with E-state index in [1.54, 1.807) is 6.20 Å². The largest absolute Gasteiger partial charge is 0.348 e. The molecule has 1 amide bonds. The molecule has 2 N–H and O–H groups in total. The van der Waals surface area contributed by atoms with E-state index in [1.165, 1.54) is 0 Å². The third kappa shape index (κ3) is 2.96. The van der Waals surface area contributed by atoms with E-state index in [0.29, 0.717) is 12.0 Å². The number of amides is 1. The Kier molecular flexibility index (Phi) is 4.10. The molecule has 1 aliphatic carbocycles. The highest BCUT2D eigenvalue weighted by Gasteiger charge is 2.34. The quantitative estimate of drug-likeness (QED) is 0.909. The lowest BCUT2D eigenvalue weighted by atomic mass is 9.99. The molecule has 1 saturated carbocycles. The van der Waals surface area contributed by atoms with Crippen LogP contribution in [-0.4, -0.2) is 34.3 Å². The van der Waals surface area contributed by atoms with Crippen molar-refractivity contribution in [3.05, 3.63) is 47.8 Å². The molecule has 2 fully saturated rings. The summed E-state index contributed by atoms with van der Waals surface area (Å²) in [6, 6.07) is 10.6. The average molecular weight is 324 g/mol. The Balaban J connectivity index is 1.61. The van der Waals surface area contributed by atoms with Crippen LogP contribution in [0.1, 0.15) is 54.6 Å². The summed E-state index contributed by atoms with van der Waals surface area (Å²) in [5.41, 5.74) is 2.82. The normalized spacial score (nSPS) is 23.9. The first-order valence-corrected chi connectivity index (χ1v) is 8.91. The first-order valence-electron chi connectivity index (χ1n) is 8.91. The maximum Gasteiger partial charge on any atom is 0.255 e. The summed E-state index contributed by atoms with van der Waals surface area (Å²) < 4.78 is 1.94. The highest BCUT2D eigenvalue weighted by molar-refractivity contribution is 5.95. The first kappa shape index (κ1) is 15.4. The Bertz CT molecular complexity index is 720. The number of benzene rings is 1. The van der Waals surface area contributed by atoms with Crippen LogP contribution in [0.3, 0.4) is 0 Å². The van der Waals surface area contributed by atoms with Crippen LogP contribution in [0.5, 0.6) is 0 Å². The number of carbonyl (C=O) groups is 1. The molecule has 2 unspecified atom stereocenters. The molecule has 1 aliphatic heterocycles. The number of hydrogen-bond acceptors (Lipinski definition) is 3. The third-order valence-electron chi connectivity index (χ3n) is 5.09. The van der Waals surface area contributed by atoms with Crippen molar-refractivity contribution in [2.45, 2.75) is 50.6 Å². The summed E-state index contributed by atoms with van der Waals surface area (Å²) in [4.78, 5) is 12.9. The van der Waals surface area contributed by atoms with Crippen molar-refractivity contribution in [3.63, 3.8) is 0 Å². The molecule has 2 heterocycles. The number of nitrogens with zero attached hydrogens (tertiary/aromatic N) is 2. The van der Waals surface area contributed by atoms with Crippen LogP contribution in [0.4, 0.5) is 0 Å². The molecule has 5 heteroatoms. The predicted molar refractivity (Wildman–Crippen MR) is 93.5 cm³/mol. The number of para-hydroxylation sites is 1. The number of aromatic nitrogens is 2. The molecule has 2 aromatic rings. The van der Waals surface area contributed by atoms with Gasteiger partial charge in [0.25, 0.3) is 5.91 Å². The minimum Gasteiger partial charge on any atom is -0.348 e.